The molecule has 1 aliphatic heterocycles. The molecule has 1 heterocycles. The first-order valence-corrected chi connectivity index (χ1v) is 8.30. The van der Waals surface area contributed by atoms with E-state index < -0.39 is 26.7 Å². The molecule has 0 aromatic heterocycles. The molecule has 1 fully saturated rings. The fraction of sp³-hybridized carbons (Fsp3) is 0.538. The van der Waals surface area contributed by atoms with Gasteiger partial charge in [-0.25, -0.2) is 13.1 Å². The lowest BCUT2D eigenvalue weighted by atomic mass is 10.1. The molecule has 0 spiro atoms. The molecule has 0 bridgehead atoms. The van der Waals surface area contributed by atoms with Crippen LogP contribution in [-0.4, -0.2) is 39.2 Å². The number of sulfonamides is 1. The van der Waals surface area contributed by atoms with E-state index in [2.05, 4.69) is 4.72 Å². The summed E-state index contributed by atoms with van der Waals surface area (Å²) in [6, 6.07) is 3.17. The zero-order chi connectivity index (χ0) is 16.3. The average molecular weight is 330 g/mol. The van der Waals surface area contributed by atoms with Crippen molar-refractivity contribution in [3.05, 3.63) is 28.3 Å². The van der Waals surface area contributed by atoms with Crippen LogP contribution >= 0.6 is 0 Å². The van der Waals surface area contributed by atoms with E-state index in [0.29, 0.717) is 6.61 Å². The molecular formula is C13H18N2O6S. The molecular weight excluding hydrogens is 312 g/mol. The van der Waals surface area contributed by atoms with Crippen LogP contribution in [0.2, 0.25) is 0 Å². The standard InChI is InChI=1S/C13H18N2O6S/c1-9(12-4-3-7-21-12)14-22(18,19)13-6-5-10(20-2)8-11(13)15(16)17/h5-6,8-9,12,14H,3-4,7H2,1-2H3/t9-,12+/m1/s1. The Kier molecular flexibility index (Phi) is 4.99. The van der Waals surface area contributed by atoms with Crippen LogP contribution in [0.15, 0.2) is 23.1 Å². The first-order chi connectivity index (χ1) is 10.3. The van der Waals surface area contributed by atoms with Gasteiger partial charge in [-0.2, -0.15) is 0 Å². The van der Waals surface area contributed by atoms with Crippen molar-refractivity contribution in [1.29, 1.82) is 0 Å². The van der Waals surface area contributed by atoms with E-state index in [-0.39, 0.29) is 16.7 Å². The maximum atomic E-state index is 12.4. The Morgan fingerprint density at radius 1 is 1.50 bits per heavy atom. The summed E-state index contributed by atoms with van der Waals surface area (Å²) in [5.41, 5.74) is -0.522. The number of nitro benzene ring substituents is 1. The van der Waals surface area contributed by atoms with Crippen molar-refractivity contribution in [2.24, 2.45) is 0 Å². The van der Waals surface area contributed by atoms with Crippen LogP contribution in [0.4, 0.5) is 5.69 Å². The Bertz CT molecular complexity index is 654. The quantitative estimate of drug-likeness (QED) is 0.625. The minimum atomic E-state index is -4.02. The zero-order valence-corrected chi connectivity index (χ0v) is 13.1. The Labute approximate surface area is 128 Å². The Morgan fingerprint density at radius 2 is 2.23 bits per heavy atom. The summed E-state index contributed by atoms with van der Waals surface area (Å²) in [5.74, 6) is 0.220. The lowest BCUT2D eigenvalue weighted by molar-refractivity contribution is -0.387. The second kappa shape index (κ2) is 6.59. The molecule has 0 aliphatic carbocycles. The van der Waals surface area contributed by atoms with E-state index in [4.69, 9.17) is 9.47 Å². The smallest absolute Gasteiger partial charge is 0.293 e. The number of methoxy groups -OCH3 is 1. The molecule has 1 N–H and O–H groups in total. The SMILES string of the molecule is COc1ccc(S(=O)(=O)N[C@H](C)[C@@H]2CCCO2)c([N+](=O)[O-])c1. The van der Waals surface area contributed by atoms with Crippen molar-refractivity contribution < 1.29 is 22.8 Å². The highest BCUT2D eigenvalue weighted by molar-refractivity contribution is 7.89. The summed E-state index contributed by atoms with van der Waals surface area (Å²) in [6.07, 6.45) is 1.42. The number of hydrogen-bond donors (Lipinski definition) is 1. The zero-order valence-electron chi connectivity index (χ0n) is 12.3. The third kappa shape index (κ3) is 3.54. The van der Waals surface area contributed by atoms with Gasteiger partial charge in [0.25, 0.3) is 5.69 Å². The van der Waals surface area contributed by atoms with Gasteiger partial charge in [-0.05, 0) is 31.9 Å². The average Bonchev–Trinajstić information content (AvgIpc) is 3.00. The van der Waals surface area contributed by atoms with Crippen molar-refractivity contribution >= 4 is 15.7 Å². The molecule has 2 rings (SSSR count). The molecule has 0 saturated carbocycles. The first kappa shape index (κ1) is 16.7. The lowest BCUT2D eigenvalue weighted by Gasteiger charge is -2.20. The monoisotopic (exact) mass is 330 g/mol. The second-order valence-electron chi connectivity index (χ2n) is 5.05. The van der Waals surface area contributed by atoms with E-state index in [1.807, 2.05) is 0 Å². The van der Waals surface area contributed by atoms with Crippen molar-refractivity contribution in [2.45, 2.75) is 36.8 Å². The van der Waals surface area contributed by atoms with Crippen LogP contribution < -0.4 is 9.46 Å². The predicted molar refractivity (Wildman–Crippen MR) is 78.4 cm³/mol. The van der Waals surface area contributed by atoms with Crippen molar-refractivity contribution in [1.82, 2.24) is 4.72 Å². The molecule has 122 valence electrons. The topological polar surface area (TPSA) is 108 Å². The minimum Gasteiger partial charge on any atom is -0.497 e. The molecule has 0 amide bonds. The van der Waals surface area contributed by atoms with Gasteiger partial charge >= 0.3 is 0 Å². The molecule has 2 atom stereocenters. The molecule has 8 nitrogen and oxygen atoms in total. The molecule has 1 aliphatic rings. The van der Waals surface area contributed by atoms with Gasteiger partial charge in [-0.3, -0.25) is 10.1 Å². The molecule has 9 heteroatoms. The predicted octanol–water partition coefficient (Wildman–Crippen LogP) is 1.45. The number of ether oxygens (including phenoxy) is 2. The highest BCUT2D eigenvalue weighted by Gasteiger charge is 2.31. The Morgan fingerprint density at radius 3 is 2.77 bits per heavy atom. The summed E-state index contributed by atoms with van der Waals surface area (Å²) in [6.45, 7) is 2.28. The number of benzene rings is 1. The van der Waals surface area contributed by atoms with Crippen LogP contribution in [0.1, 0.15) is 19.8 Å². The van der Waals surface area contributed by atoms with Crippen molar-refractivity contribution in [2.75, 3.05) is 13.7 Å². The highest BCUT2D eigenvalue weighted by Crippen LogP contribution is 2.28. The molecule has 22 heavy (non-hydrogen) atoms. The molecule has 0 unspecified atom stereocenters. The number of rotatable bonds is 6. The second-order valence-corrected chi connectivity index (χ2v) is 6.73. The van der Waals surface area contributed by atoms with Crippen LogP contribution in [0.3, 0.4) is 0 Å². The van der Waals surface area contributed by atoms with Gasteiger partial charge < -0.3 is 9.47 Å². The molecule has 0 radical (unpaired) electrons. The van der Waals surface area contributed by atoms with E-state index in [0.717, 1.165) is 18.9 Å². The van der Waals surface area contributed by atoms with Crippen molar-refractivity contribution in [3.8, 4) is 5.75 Å². The fourth-order valence-electron chi connectivity index (χ4n) is 2.38. The van der Waals surface area contributed by atoms with Crippen LogP contribution in [0, 0.1) is 10.1 Å². The van der Waals surface area contributed by atoms with E-state index in [1.165, 1.54) is 19.2 Å². The van der Waals surface area contributed by atoms with Gasteiger partial charge in [-0.1, -0.05) is 0 Å². The number of nitrogens with one attached hydrogen (secondary N) is 1. The third-order valence-corrected chi connectivity index (χ3v) is 5.12. The minimum absolute atomic E-state index is 0.216. The summed E-state index contributed by atoms with van der Waals surface area (Å²) in [5, 5.41) is 11.1. The van der Waals surface area contributed by atoms with Crippen LogP contribution in [0.5, 0.6) is 5.75 Å². The summed E-state index contributed by atoms with van der Waals surface area (Å²) >= 11 is 0. The molecule has 1 aromatic rings. The van der Waals surface area contributed by atoms with Gasteiger partial charge in [0.15, 0.2) is 4.90 Å². The number of hydrogen-bond acceptors (Lipinski definition) is 6. The molecule has 1 aromatic carbocycles. The fourth-order valence-corrected chi connectivity index (χ4v) is 3.80. The summed E-state index contributed by atoms with van der Waals surface area (Å²) in [4.78, 5) is 9.98. The normalized spacial score (nSPS) is 19.8. The maximum absolute atomic E-state index is 12.4. The Balaban J connectivity index is 2.30. The van der Waals surface area contributed by atoms with E-state index >= 15 is 0 Å². The van der Waals surface area contributed by atoms with E-state index in [9.17, 15) is 18.5 Å². The maximum Gasteiger partial charge on any atom is 0.293 e. The largest absolute Gasteiger partial charge is 0.497 e. The van der Waals surface area contributed by atoms with Crippen LogP contribution in [0.25, 0.3) is 0 Å². The summed E-state index contributed by atoms with van der Waals surface area (Å²) < 4.78 is 37.6. The Hall–Kier alpha value is -1.71. The van der Waals surface area contributed by atoms with Crippen LogP contribution in [-0.2, 0) is 14.8 Å². The van der Waals surface area contributed by atoms with Gasteiger partial charge in [0, 0.05) is 12.6 Å². The lowest BCUT2D eigenvalue weighted by Crippen LogP contribution is -2.40. The third-order valence-electron chi connectivity index (χ3n) is 3.52. The van der Waals surface area contributed by atoms with Gasteiger partial charge in [0.2, 0.25) is 10.0 Å². The summed E-state index contributed by atoms with van der Waals surface area (Å²) in [7, 11) is -2.67. The van der Waals surface area contributed by atoms with Gasteiger partial charge in [0.1, 0.15) is 5.75 Å². The van der Waals surface area contributed by atoms with Gasteiger partial charge in [0.05, 0.1) is 24.2 Å². The number of nitrogens with zero attached hydrogens (tertiary/aromatic N) is 1. The first-order valence-electron chi connectivity index (χ1n) is 6.81. The molecule has 1 saturated heterocycles. The number of nitro groups is 1. The highest BCUT2D eigenvalue weighted by atomic mass is 32.2. The van der Waals surface area contributed by atoms with Gasteiger partial charge in [-0.15, -0.1) is 0 Å². The van der Waals surface area contributed by atoms with Crippen molar-refractivity contribution in [3.63, 3.8) is 0 Å². The van der Waals surface area contributed by atoms with E-state index in [1.54, 1.807) is 6.92 Å².